The van der Waals surface area contributed by atoms with Crippen LogP contribution >= 0.6 is 0 Å². The Labute approximate surface area is 483 Å². The Morgan fingerprint density at radius 3 is 1.20 bits per heavy atom. The summed E-state index contributed by atoms with van der Waals surface area (Å²) in [5.74, 6) is -1.73. The average Bonchev–Trinajstić information content (AvgIpc) is 1.53. The van der Waals surface area contributed by atoms with Gasteiger partial charge in [-0.25, -0.2) is 0 Å². The van der Waals surface area contributed by atoms with E-state index >= 15 is 0 Å². The third kappa shape index (κ3) is 18.4. The van der Waals surface area contributed by atoms with E-state index in [-0.39, 0.29) is 59.2 Å². The van der Waals surface area contributed by atoms with E-state index < -0.39 is 125 Å². The summed E-state index contributed by atoms with van der Waals surface area (Å²) in [7, 11) is 4.15. The highest BCUT2D eigenvalue weighted by Gasteiger charge is 2.40. The summed E-state index contributed by atoms with van der Waals surface area (Å²) < 4.78 is 244. The van der Waals surface area contributed by atoms with Crippen molar-refractivity contribution in [2.24, 2.45) is 25.9 Å². The number of pyridine rings is 2. The maximum atomic E-state index is 13.7. The highest BCUT2D eigenvalue weighted by Crippen LogP contribution is 2.40. The second-order valence-electron chi connectivity index (χ2n) is 21.1. The van der Waals surface area contributed by atoms with E-state index in [1.165, 1.54) is 26.0 Å². The fourth-order valence-corrected chi connectivity index (χ4v) is 9.97. The van der Waals surface area contributed by atoms with Gasteiger partial charge in [0.2, 0.25) is 0 Å². The third-order valence-corrected chi connectivity index (χ3v) is 14.2. The topological polar surface area (TPSA) is 169 Å². The molecule has 0 spiro atoms. The Morgan fingerprint density at radius 1 is 0.483 bits per heavy atom. The fraction of sp³-hybridized carbons (Fsp3) is 0.509. The van der Waals surface area contributed by atoms with Crippen LogP contribution in [0.3, 0.4) is 0 Å². The van der Waals surface area contributed by atoms with Gasteiger partial charge in [-0.15, -0.1) is 10.2 Å². The molecule has 4 heterocycles. The smallest absolute Gasteiger partial charge is 0.350 e. The zero-order chi connectivity index (χ0) is 64.0. The summed E-state index contributed by atoms with van der Waals surface area (Å²) in [6, 6.07) is 3.20. The van der Waals surface area contributed by atoms with Crippen LogP contribution in [0.5, 0.6) is 0 Å². The SMILES string of the molecule is CN(CC1CCCCC1)C(=O)c1ncc(C(F)(F)F)cc1CN(Cc1cc(C(F)(F)F)cc(C(F)(F)F)c1)c1nnn(C)n1.Cn1nnc(N(Cc2cc(C(F)(F)F)cc(C(F)(F)F)c2)Cc2cc(C(F)(F)F)cnc2C(=O)NCC2CCCCC2)n1. The molecule has 16 nitrogen and oxygen atoms in total. The molecule has 474 valence electrons. The number of tetrazole rings is 2. The van der Waals surface area contributed by atoms with Crippen LogP contribution in [0.4, 0.5) is 90.9 Å². The first-order valence-corrected chi connectivity index (χ1v) is 26.6. The molecule has 1 N–H and O–H groups in total. The highest BCUT2D eigenvalue weighted by atomic mass is 19.4. The van der Waals surface area contributed by atoms with Crippen LogP contribution in [0, 0.1) is 11.8 Å². The van der Waals surface area contributed by atoms with Crippen molar-refractivity contribution >= 4 is 23.7 Å². The van der Waals surface area contributed by atoms with Crippen molar-refractivity contribution in [1.29, 1.82) is 0 Å². The Balaban J connectivity index is 0.000000249. The number of nitrogens with one attached hydrogen (secondary N) is 1. The summed E-state index contributed by atoms with van der Waals surface area (Å²) >= 11 is 0. The maximum absolute atomic E-state index is 13.7. The van der Waals surface area contributed by atoms with E-state index in [9.17, 15) is 88.6 Å². The van der Waals surface area contributed by atoms with Gasteiger partial charge in [-0.1, -0.05) is 48.7 Å². The van der Waals surface area contributed by atoms with Crippen LogP contribution in [-0.4, -0.2) is 87.2 Å². The van der Waals surface area contributed by atoms with Crippen LogP contribution in [0.2, 0.25) is 0 Å². The first-order valence-electron chi connectivity index (χ1n) is 26.6. The van der Waals surface area contributed by atoms with Crippen molar-refractivity contribution < 1.29 is 88.6 Å². The number of aromatic nitrogens is 10. The zero-order valence-electron chi connectivity index (χ0n) is 46.2. The van der Waals surface area contributed by atoms with Gasteiger partial charge in [-0.3, -0.25) is 19.6 Å². The Bertz CT molecular complexity index is 3260. The molecule has 34 heteroatoms. The molecule has 2 aliphatic rings. The molecule has 4 aromatic heterocycles. The van der Waals surface area contributed by atoms with Gasteiger partial charge in [0.1, 0.15) is 11.4 Å². The van der Waals surface area contributed by atoms with Gasteiger partial charge >= 0.3 is 37.1 Å². The van der Waals surface area contributed by atoms with Gasteiger partial charge in [0.25, 0.3) is 23.7 Å². The Kier molecular flexibility index (Phi) is 20.4. The predicted octanol–water partition coefficient (Wildman–Crippen LogP) is 12.7. The van der Waals surface area contributed by atoms with Crippen LogP contribution in [0.15, 0.2) is 60.9 Å². The molecule has 87 heavy (non-hydrogen) atoms. The van der Waals surface area contributed by atoms with E-state index in [1.54, 1.807) is 0 Å². The van der Waals surface area contributed by atoms with Gasteiger partial charge in [0.15, 0.2) is 0 Å². The number of anilines is 2. The molecule has 0 aliphatic heterocycles. The Morgan fingerprint density at radius 2 is 0.839 bits per heavy atom. The van der Waals surface area contributed by atoms with Crippen molar-refractivity contribution in [3.63, 3.8) is 0 Å². The predicted molar refractivity (Wildman–Crippen MR) is 271 cm³/mol. The minimum Gasteiger partial charge on any atom is -0.350 e. The van der Waals surface area contributed by atoms with E-state index in [1.807, 2.05) is 0 Å². The fourth-order valence-electron chi connectivity index (χ4n) is 9.97. The normalized spacial score (nSPS) is 15.0. The van der Waals surface area contributed by atoms with Crippen molar-refractivity contribution in [3.05, 3.63) is 128 Å². The highest BCUT2D eigenvalue weighted by molar-refractivity contribution is 5.94. The molecule has 0 bridgehead atoms. The minimum atomic E-state index is -5.13. The summed E-state index contributed by atoms with van der Waals surface area (Å²) in [6.45, 7) is -2.08. The van der Waals surface area contributed by atoms with Crippen LogP contribution < -0.4 is 15.1 Å². The number of alkyl halides is 18. The molecule has 0 unspecified atom stereocenters. The largest absolute Gasteiger partial charge is 0.417 e. The van der Waals surface area contributed by atoms with Crippen molar-refractivity contribution in [3.8, 4) is 0 Å². The van der Waals surface area contributed by atoms with Gasteiger partial charge in [-0.05, 0) is 108 Å². The summed E-state index contributed by atoms with van der Waals surface area (Å²) in [5.41, 5.74) is -11.0. The number of amides is 2. The standard InChI is InChI=1S/C27H28F9N7O.C26H26F9N7O/c1-41(13-16-6-4-3-5-7-16)23(44)22-18(10-21(12-37-22)27(34,35)36)15-43(24-38-40-42(2)39-24)14-17-8-19(25(28,29)30)11-20(9-17)26(31,32)33;1-41-39-23(38-40-41)42(13-16-7-18(24(27,28)29)10-19(8-16)25(30,31)32)14-17-9-20(26(33,34)35)12-36-21(17)22(43)37-11-15-5-3-2-4-6-15/h8-12,16H,3-7,13-15H2,1-2H3;7-10,12,15H,2-6,11,13-14H2,1H3,(H,37,43). The molecule has 2 aromatic carbocycles. The third-order valence-electron chi connectivity index (χ3n) is 14.2. The van der Waals surface area contributed by atoms with Gasteiger partial charge < -0.3 is 20.0 Å². The molecule has 8 rings (SSSR count). The molecule has 0 atom stereocenters. The molecule has 2 amide bonds. The van der Waals surface area contributed by atoms with E-state index in [0.717, 1.165) is 83.6 Å². The van der Waals surface area contributed by atoms with Crippen molar-refractivity contribution in [1.82, 2.24) is 60.6 Å². The lowest BCUT2D eigenvalue weighted by Gasteiger charge is -2.28. The maximum Gasteiger partial charge on any atom is 0.417 e. The van der Waals surface area contributed by atoms with Crippen LogP contribution in [0.1, 0.15) is 141 Å². The number of hydrogen-bond donors (Lipinski definition) is 1. The van der Waals surface area contributed by atoms with Gasteiger partial charge in [0, 0.05) is 69.8 Å². The number of halogens is 18. The van der Waals surface area contributed by atoms with Crippen molar-refractivity contribution in [2.45, 2.75) is 127 Å². The monoisotopic (exact) mass is 1260 g/mol. The van der Waals surface area contributed by atoms with Gasteiger partial charge in [-0.2, -0.15) is 88.6 Å². The number of benzene rings is 2. The molecule has 2 saturated carbocycles. The number of rotatable bonds is 16. The molecule has 0 saturated heterocycles. The van der Waals surface area contributed by atoms with E-state index in [0.29, 0.717) is 55.3 Å². The number of nitrogens with zero attached hydrogens (tertiary/aromatic N) is 13. The lowest BCUT2D eigenvalue weighted by molar-refractivity contribution is -0.144. The number of aryl methyl sites for hydroxylation is 2. The second kappa shape index (κ2) is 26.6. The molecule has 0 radical (unpaired) electrons. The van der Waals surface area contributed by atoms with Gasteiger partial charge in [0.05, 0.1) is 47.5 Å². The van der Waals surface area contributed by atoms with Crippen LogP contribution in [-0.2, 0) is 77.3 Å². The molecular formula is C53H54F18N14O2. The molecule has 2 aliphatic carbocycles. The number of hydrogen-bond acceptors (Lipinski definition) is 12. The number of carbonyl (C=O) groups is 2. The molecular weight excluding hydrogens is 1210 g/mol. The van der Waals surface area contributed by atoms with E-state index in [4.69, 9.17) is 0 Å². The zero-order valence-corrected chi connectivity index (χ0v) is 46.2. The summed E-state index contributed by atoms with van der Waals surface area (Å²) in [4.78, 5) is 39.4. The quantitative estimate of drug-likeness (QED) is 0.0912. The lowest BCUT2D eigenvalue weighted by Crippen LogP contribution is -2.35. The second-order valence-corrected chi connectivity index (χ2v) is 21.1. The summed E-state index contributed by atoms with van der Waals surface area (Å²) in [6.07, 6.45) is -19.7. The van der Waals surface area contributed by atoms with Crippen molar-refractivity contribution in [2.75, 3.05) is 29.9 Å². The molecule has 2 fully saturated rings. The Hall–Kier alpha value is -7.84. The first kappa shape index (κ1) is 66.7. The molecule has 6 aromatic rings. The number of carbonyl (C=O) groups excluding carboxylic acids is 2. The lowest BCUT2D eigenvalue weighted by atomic mass is 9.89. The summed E-state index contributed by atoms with van der Waals surface area (Å²) in [5, 5.41) is 25.3. The van der Waals surface area contributed by atoms with Crippen LogP contribution in [0.25, 0.3) is 0 Å². The first-order chi connectivity index (χ1) is 40.4. The van der Waals surface area contributed by atoms with E-state index in [2.05, 4.69) is 46.1 Å². The minimum absolute atomic E-state index is 0.0376. The average molecular weight is 1260 g/mol.